The second kappa shape index (κ2) is 12.1. The number of carbonyl (C=O) groups excluding carboxylic acids is 1. The van der Waals surface area contributed by atoms with Crippen LogP contribution in [0.4, 0.5) is 8.78 Å². The Balaban J connectivity index is 0.00000364. The van der Waals surface area contributed by atoms with Crippen LogP contribution >= 0.6 is 24.0 Å². The lowest BCUT2D eigenvalue weighted by Gasteiger charge is -2.34. The highest BCUT2D eigenvalue weighted by Crippen LogP contribution is 2.20. The Morgan fingerprint density at radius 2 is 2.00 bits per heavy atom. The van der Waals surface area contributed by atoms with Crippen LogP contribution in [0.5, 0.6) is 0 Å². The Hall–Kier alpha value is -1.45. The molecule has 0 radical (unpaired) electrons. The van der Waals surface area contributed by atoms with Crippen molar-refractivity contribution < 1.29 is 13.6 Å². The third-order valence-electron chi connectivity index (χ3n) is 4.66. The molecule has 1 saturated heterocycles. The molecule has 0 aromatic heterocycles. The van der Waals surface area contributed by atoms with Gasteiger partial charge >= 0.3 is 0 Å². The highest BCUT2D eigenvalue weighted by Gasteiger charge is 2.23. The third-order valence-corrected chi connectivity index (χ3v) is 4.66. The summed E-state index contributed by atoms with van der Waals surface area (Å²) >= 11 is 0. The van der Waals surface area contributed by atoms with E-state index in [0.717, 1.165) is 44.5 Å². The summed E-state index contributed by atoms with van der Waals surface area (Å²) in [6.07, 6.45) is 2.89. The van der Waals surface area contributed by atoms with Gasteiger partial charge in [-0.15, -0.1) is 24.0 Å². The minimum Gasteiger partial charge on any atom is -0.359 e. The molecule has 1 heterocycles. The number of halogens is 3. The van der Waals surface area contributed by atoms with Gasteiger partial charge < -0.3 is 15.5 Å². The first-order valence-corrected chi connectivity index (χ1v) is 9.21. The normalized spacial score (nSPS) is 15.3. The van der Waals surface area contributed by atoms with Gasteiger partial charge in [-0.3, -0.25) is 9.79 Å². The maximum Gasteiger partial charge on any atom is 0.220 e. The number of hydrogen-bond acceptors (Lipinski definition) is 2. The van der Waals surface area contributed by atoms with Gasteiger partial charge in [0, 0.05) is 45.7 Å². The summed E-state index contributed by atoms with van der Waals surface area (Å²) in [5.41, 5.74) is 0.468. The van der Waals surface area contributed by atoms with E-state index in [1.54, 1.807) is 7.05 Å². The van der Waals surface area contributed by atoms with Crippen LogP contribution in [0.1, 0.15) is 31.7 Å². The zero-order chi connectivity index (χ0) is 18.9. The maximum absolute atomic E-state index is 13.7. The lowest BCUT2D eigenvalue weighted by Crippen LogP contribution is -2.46. The van der Waals surface area contributed by atoms with E-state index >= 15 is 0 Å². The lowest BCUT2D eigenvalue weighted by atomic mass is 9.93. The summed E-state index contributed by atoms with van der Waals surface area (Å²) in [5, 5.41) is 5.95. The van der Waals surface area contributed by atoms with E-state index < -0.39 is 11.6 Å². The first-order valence-electron chi connectivity index (χ1n) is 9.21. The van der Waals surface area contributed by atoms with Crippen molar-refractivity contribution >= 4 is 35.8 Å². The van der Waals surface area contributed by atoms with E-state index in [4.69, 9.17) is 0 Å². The van der Waals surface area contributed by atoms with Gasteiger partial charge in [-0.1, -0.05) is 6.07 Å². The first kappa shape index (κ1) is 23.6. The topological polar surface area (TPSA) is 56.7 Å². The molecule has 1 aromatic carbocycles. The molecule has 0 saturated carbocycles. The van der Waals surface area contributed by atoms with E-state index in [2.05, 4.69) is 20.5 Å². The number of nitrogens with one attached hydrogen (secondary N) is 2. The summed E-state index contributed by atoms with van der Waals surface area (Å²) in [6, 6.07) is 3.64. The van der Waals surface area contributed by atoms with E-state index in [1.807, 2.05) is 6.92 Å². The minimum atomic E-state index is -0.567. The van der Waals surface area contributed by atoms with E-state index in [9.17, 15) is 13.6 Å². The Labute approximate surface area is 177 Å². The van der Waals surface area contributed by atoms with Gasteiger partial charge in [0.2, 0.25) is 5.91 Å². The Morgan fingerprint density at radius 3 is 2.59 bits per heavy atom. The lowest BCUT2D eigenvalue weighted by molar-refractivity contribution is -0.121. The van der Waals surface area contributed by atoms with Gasteiger partial charge in [-0.05, 0) is 43.7 Å². The van der Waals surface area contributed by atoms with Crippen molar-refractivity contribution in [2.45, 2.75) is 32.6 Å². The molecule has 0 aliphatic carbocycles. The number of nitrogens with zero attached hydrogens (tertiary/aromatic N) is 2. The summed E-state index contributed by atoms with van der Waals surface area (Å²) in [7, 11) is 1.66. The number of carbonyl (C=O) groups is 1. The molecule has 1 amide bonds. The third kappa shape index (κ3) is 7.59. The van der Waals surface area contributed by atoms with Crippen LogP contribution in [-0.4, -0.2) is 50.0 Å². The predicted octanol–water partition coefficient (Wildman–Crippen LogP) is 2.94. The summed E-state index contributed by atoms with van der Waals surface area (Å²) < 4.78 is 26.7. The number of benzene rings is 1. The molecule has 2 rings (SSSR count). The molecule has 27 heavy (non-hydrogen) atoms. The van der Waals surface area contributed by atoms with Crippen LogP contribution in [0.15, 0.2) is 23.2 Å². The monoisotopic (exact) mass is 494 g/mol. The fourth-order valence-corrected chi connectivity index (χ4v) is 3.15. The van der Waals surface area contributed by atoms with Crippen LogP contribution < -0.4 is 10.6 Å². The average Bonchev–Trinajstić information content (AvgIpc) is 2.63. The fourth-order valence-electron chi connectivity index (χ4n) is 3.15. The summed E-state index contributed by atoms with van der Waals surface area (Å²) in [4.78, 5) is 18.3. The Bertz CT molecular complexity index is 634. The van der Waals surface area contributed by atoms with Crippen molar-refractivity contribution in [2.24, 2.45) is 10.9 Å². The van der Waals surface area contributed by atoms with Crippen LogP contribution in [0.3, 0.4) is 0 Å². The number of hydrogen-bond donors (Lipinski definition) is 2. The first-order chi connectivity index (χ1) is 12.5. The number of guanidine groups is 1. The van der Waals surface area contributed by atoms with Crippen molar-refractivity contribution in [3.63, 3.8) is 0 Å². The van der Waals surface area contributed by atoms with Crippen molar-refractivity contribution in [3.8, 4) is 0 Å². The second-order valence-corrected chi connectivity index (χ2v) is 6.53. The van der Waals surface area contributed by atoms with E-state index in [1.165, 1.54) is 12.1 Å². The molecule has 0 spiro atoms. The van der Waals surface area contributed by atoms with Crippen molar-refractivity contribution in [1.82, 2.24) is 15.5 Å². The van der Waals surface area contributed by atoms with Crippen molar-refractivity contribution in [2.75, 3.05) is 33.2 Å². The molecule has 0 unspecified atom stereocenters. The number of piperidine rings is 1. The molecule has 5 nitrogen and oxygen atoms in total. The minimum absolute atomic E-state index is 0. The molecule has 0 atom stereocenters. The average molecular weight is 494 g/mol. The predicted molar refractivity (Wildman–Crippen MR) is 114 cm³/mol. The smallest absolute Gasteiger partial charge is 0.220 e. The molecule has 0 bridgehead atoms. The highest BCUT2D eigenvalue weighted by atomic mass is 127. The SMILES string of the molecule is CCNC(=NCCc1ccc(F)cc1F)N1CCC(CC(=O)NC)CC1.I. The van der Waals surface area contributed by atoms with Crippen LogP contribution in [-0.2, 0) is 11.2 Å². The highest BCUT2D eigenvalue weighted by molar-refractivity contribution is 14.0. The van der Waals surface area contributed by atoms with Gasteiger partial charge in [-0.2, -0.15) is 0 Å². The standard InChI is InChI=1S/C19H28F2N4O.HI/c1-3-23-19(24-9-6-15-4-5-16(20)13-17(15)21)25-10-7-14(8-11-25)12-18(26)22-2;/h4-5,13-14H,3,6-12H2,1-2H3,(H,22,26)(H,23,24);1H. The zero-order valence-electron chi connectivity index (χ0n) is 15.9. The van der Waals surface area contributed by atoms with Crippen LogP contribution in [0, 0.1) is 17.6 Å². The second-order valence-electron chi connectivity index (χ2n) is 6.53. The van der Waals surface area contributed by atoms with E-state index in [-0.39, 0.29) is 29.9 Å². The van der Waals surface area contributed by atoms with Gasteiger partial charge in [0.25, 0.3) is 0 Å². The van der Waals surface area contributed by atoms with Gasteiger partial charge in [-0.25, -0.2) is 8.78 Å². The largest absolute Gasteiger partial charge is 0.359 e. The molecule has 2 N–H and O–H groups in total. The fraction of sp³-hybridized carbons (Fsp3) is 0.579. The van der Waals surface area contributed by atoms with Gasteiger partial charge in [0.05, 0.1) is 0 Å². The molecule has 1 fully saturated rings. The molecule has 1 aromatic rings. The molecule has 1 aliphatic heterocycles. The van der Waals surface area contributed by atoms with Crippen LogP contribution in [0.25, 0.3) is 0 Å². The number of rotatable bonds is 6. The number of aliphatic imine (C=N–C) groups is 1. The molecular formula is C19H29F2IN4O. The molecular weight excluding hydrogens is 465 g/mol. The number of likely N-dealkylation sites (tertiary alicyclic amines) is 1. The van der Waals surface area contributed by atoms with Crippen molar-refractivity contribution in [1.29, 1.82) is 0 Å². The van der Waals surface area contributed by atoms with Crippen LogP contribution in [0.2, 0.25) is 0 Å². The molecule has 8 heteroatoms. The summed E-state index contributed by atoms with van der Waals surface area (Å²) in [6.45, 7) is 4.88. The van der Waals surface area contributed by atoms with Gasteiger partial charge in [0.15, 0.2) is 5.96 Å². The Kier molecular flexibility index (Phi) is 10.6. The van der Waals surface area contributed by atoms with Gasteiger partial charge in [0.1, 0.15) is 11.6 Å². The number of amides is 1. The summed E-state index contributed by atoms with van der Waals surface area (Å²) in [5.74, 6) is 0.212. The molecule has 1 aliphatic rings. The van der Waals surface area contributed by atoms with E-state index in [0.29, 0.717) is 30.9 Å². The maximum atomic E-state index is 13.7. The van der Waals surface area contributed by atoms with Crippen molar-refractivity contribution in [3.05, 3.63) is 35.4 Å². The molecule has 152 valence electrons. The Morgan fingerprint density at radius 1 is 1.30 bits per heavy atom. The zero-order valence-corrected chi connectivity index (χ0v) is 18.3. The quantitative estimate of drug-likeness (QED) is 0.364.